The van der Waals surface area contributed by atoms with Crippen molar-refractivity contribution >= 4 is 20.7 Å². The molecule has 0 aromatic heterocycles. The maximum Gasteiger partial charge on any atom is 0.632 e. The molecule has 6 nitrogen and oxygen atoms in total. The van der Waals surface area contributed by atoms with E-state index in [9.17, 15) is 9.59 Å². The molecular formula is C9H18O6Si. The second kappa shape index (κ2) is 7.37. The van der Waals surface area contributed by atoms with E-state index in [1.165, 1.54) is 20.4 Å². The Bertz CT molecular complexity index is 226. The lowest BCUT2D eigenvalue weighted by molar-refractivity contribution is -0.143. The second-order valence-electron chi connectivity index (χ2n) is 3.10. The third-order valence-corrected chi connectivity index (χ3v) is 3.50. The molecule has 0 aliphatic rings. The van der Waals surface area contributed by atoms with Crippen LogP contribution in [0, 0.1) is 0 Å². The maximum absolute atomic E-state index is 10.8. The van der Waals surface area contributed by atoms with Gasteiger partial charge in [0.1, 0.15) is 0 Å². The van der Waals surface area contributed by atoms with E-state index in [-0.39, 0.29) is 6.61 Å². The SMILES string of the molecule is CCOCCO[Si](C)(OC(C)=O)OC(C)=O. The molecule has 0 saturated carbocycles. The Balaban J connectivity index is 4.18. The van der Waals surface area contributed by atoms with Crippen LogP contribution in [0.4, 0.5) is 0 Å². The lowest BCUT2D eigenvalue weighted by Crippen LogP contribution is -2.45. The van der Waals surface area contributed by atoms with Crippen LogP contribution in [0.1, 0.15) is 20.8 Å². The van der Waals surface area contributed by atoms with Gasteiger partial charge < -0.3 is 18.0 Å². The molecule has 0 N–H and O–H groups in total. The average molecular weight is 250 g/mol. The Kier molecular flexibility index (Phi) is 6.94. The number of ether oxygens (including phenoxy) is 1. The Morgan fingerprint density at radius 2 is 1.56 bits per heavy atom. The van der Waals surface area contributed by atoms with Crippen LogP contribution in [0.2, 0.25) is 6.55 Å². The van der Waals surface area contributed by atoms with Crippen molar-refractivity contribution in [2.75, 3.05) is 19.8 Å². The first kappa shape index (κ1) is 15.1. The summed E-state index contributed by atoms with van der Waals surface area (Å²) in [6.45, 7) is 6.97. The van der Waals surface area contributed by atoms with Crippen LogP contribution in [0.3, 0.4) is 0 Å². The summed E-state index contributed by atoms with van der Waals surface area (Å²) in [5, 5.41) is 0. The highest BCUT2D eigenvalue weighted by atomic mass is 28.4. The minimum atomic E-state index is -3.20. The number of carbonyl (C=O) groups is 2. The van der Waals surface area contributed by atoms with Gasteiger partial charge in [0.15, 0.2) is 0 Å². The van der Waals surface area contributed by atoms with Crippen molar-refractivity contribution in [3.8, 4) is 0 Å². The van der Waals surface area contributed by atoms with Gasteiger partial charge in [0.2, 0.25) is 0 Å². The third kappa shape index (κ3) is 7.38. The Morgan fingerprint density at radius 1 is 1.06 bits per heavy atom. The van der Waals surface area contributed by atoms with Crippen molar-refractivity contribution in [2.24, 2.45) is 0 Å². The highest BCUT2D eigenvalue weighted by molar-refractivity contribution is 6.62. The van der Waals surface area contributed by atoms with Crippen LogP contribution >= 0.6 is 0 Å². The molecule has 7 heteroatoms. The zero-order valence-electron chi connectivity index (χ0n) is 10.1. The highest BCUT2D eigenvalue weighted by Crippen LogP contribution is 2.10. The van der Waals surface area contributed by atoms with Crippen LogP contribution in [0.5, 0.6) is 0 Å². The molecule has 94 valence electrons. The van der Waals surface area contributed by atoms with Gasteiger partial charge in [0, 0.05) is 27.0 Å². The quantitative estimate of drug-likeness (QED) is 0.490. The zero-order valence-corrected chi connectivity index (χ0v) is 11.1. The molecule has 0 aromatic rings. The Morgan fingerprint density at radius 3 is 1.94 bits per heavy atom. The molecule has 0 unspecified atom stereocenters. The van der Waals surface area contributed by atoms with Crippen LogP contribution < -0.4 is 0 Å². The van der Waals surface area contributed by atoms with Crippen molar-refractivity contribution in [1.82, 2.24) is 0 Å². The molecule has 0 radical (unpaired) electrons. The molecule has 0 bridgehead atoms. The predicted molar refractivity (Wildman–Crippen MR) is 57.6 cm³/mol. The van der Waals surface area contributed by atoms with E-state index < -0.39 is 20.7 Å². The molecule has 0 amide bonds. The fourth-order valence-electron chi connectivity index (χ4n) is 1.03. The van der Waals surface area contributed by atoms with E-state index >= 15 is 0 Å². The summed E-state index contributed by atoms with van der Waals surface area (Å²) in [6.07, 6.45) is 0. The van der Waals surface area contributed by atoms with E-state index in [1.807, 2.05) is 6.92 Å². The lowest BCUT2D eigenvalue weighted by atomic mass is 10.8. The van der Waals surface area contributed by atoms with Crippen molar-refractivity contribution in [1.29, 1.82) is 0 Å². The minimum Gasteiger partial charge on any atom is -0.465 e. The van der Waals surface area contributed by atoms with Crippen LogP contribution in [0.25, 0.3) is 0 Å². The molecule has 0 saturated heterocycles. The van der Waals surface area contributed by atoms with Gasteiger partial charge in [-0.3, -0.25) is 9.59 Å². The first-order valence-corrected chi connectivity index (χ1v) is 7.23. The normalized spacial score (nSPS) is 11.0. The molecule has 0 aromatic carbocycles. The van der Waals surface area contributed by atoms with Gasteiger partial charge in [0.05, 0.1) is 13.2 Å². The van der Waals surface area contributed by atoms with Crippen LogP contribution in [-0.2, 0) is 27.6 Å². The van der Waals surface area contributed by atoms with Gasteiger partial charge in [-0.1, -0.05) is 0 Å². The first-order valence-electron chi connectivity index (χ1n) is 5.00. The number of rotatable bonds is 7. The van der Waals surface area contributed by atoms with Gasteiger partial charge in [-0.05, 0) is 6.92 Å². The number of carbonyl (C=O) groups excluding carboxylic acids is 2. The minimum absolute atomic E-state index is 0.219. The molecule has 0 aliphatic carbocycles. The monoisotopic (exact) mass is 250 g/mol. The maximum atomic E-state index is 10.8. The molecule has 0 fully saturated rings. The fraction of sp³-hybridized carbons (Fsp3) is 0.778. The zero-order chi connectivity index (χ0) is 12.6. The van der Waals surface area contributed by atoms with Gasteiger partial charge in [0.25, 0.3) is 11.9 Å². The summed E-state index contributed by atoms with van der Waals surface area (Å²) >= 11 is 0. The summed E-state index contributed by atoms with van der Waals surface area (Å²) in [5.74, 6) is -1.07. The summed E-state index contributed by atoms with van der Waals surface area (Å²) in [6, 6.07) is 0. The first-order chi connectivity index (χ1) is 7.39. The summed E-state index contributed by atoms with van der Waals surface area (Å²) in [5.41, 5.74) is 0. The largest absolute Gasteiger partial charge is 0.632 e. The highest BCUT2D eigenvalue weighted by Gasteiger charge is 2.41. The van der Waals surface area contributed by atoms with Gasteiger partial charge >= 0.3 is 8.80 Å². The van der Waals surface area contributed by atoms with E-state index in [1.54, 1.807) is 0 Å². The Labute approximate surface area is 96.2 Å². The molecule has 0 rings (SSSR count). The van der Waals surface area contributed by atoms with Gasteiger partial charge in [-0.2, -0.15) is 0 Å². The van der Waals surface area contributed by atoms with Gasteiger partial charge in [-0.25, -0.2) is 0 Å². The summed E-state index contributed by atoms with van der Waals surface area (Å²) in [7, 11) is -3.20. The van der Waals surface area contributed by atoms with Crippen molar-refractivity contribution in [2.45, 2.75) is 27.3 Å². The predicted octanol–water partition coefficient (Wildman–Crippen LogP) is 0.734. The number of hydrogen-bond acceptors (Lipinski definition) is 6. The average Bonchev–Trinajstić information content (AvgIpc) is 2.09. The van der Waals surface area contributed by atoms with Crippen LogP contribution in [-0.4, -0.2) is 40.6 Å². The van der Waals surface area contributed by atoms with Crippen molar-refractivity contribution < 1.29 is 27.6 Å². The van der Waals surface area contributed by atoms with E-state index in [0.29, 0.717) is 13.2 Å². The molecule has 0 spiro atoms. The smallest absolute Gasteiger partial charge is 0.465 e. The number of hydrogen-bond donors (Lipinski definition) is 0. The lowest BCUT2D eigenvalue weighted by Gasteiger charge is -2.23. The molecule has 16 heavy (non-hydrogen) atoms. The summed E-state index contributed by atoms with van der Waals surface area (Å²) in [4.78, 5) is 21.7. The topological polar surface area (TPSA) is 71.1 Å². The third-order valence-electron chi connectivity index (χ3n) is 1.45. The standard InChI is InChI=1S/C9H18O6Si/c1-5-12-6-7-13-16(4,14-8(2)10)15-9(3)11/h5-7H2,1-4H3. The molecule has 0 heterocycles. The van der Waals surface area contributed by atoms with Crippen molar-refractivity contribution in [3.05, 3.63) is 0 Å². The molecule has 0 atom stereocenters. The van der Waals surface area contributed by atoms with E-state index in [2.05, 4.69) is 0 Å². The van der Waals surface area contributed by atoms with Crippen LogP contribution in [0.15, 0.2) is 0 Å². The van der Waals surface area contributed by atoms with Crippen molar-refractivity contribution in [3.63, 3.8) is 0 Å². The van der Waals surface area contributed by atoms with Gasteiger partial charge in [-0.15, -0.1) is 0 Å². The Hall–Kier alpha value is -0.923. The van der Waals surface area contributed by atoms with E-state index in [0.717, 1.165) is 0 Å². The molecular weight excluding hydrogens is 232 g/mol. The summed E-state index contributed by atoms with van der Waals surface area (Å²) < 4.78 is 20.2. The fourth-order valence-corrected chi connectivity index (χ4v) is 2.69. The molecule has 0 aliphatic heterocycles. The second-order valence-corrected chi connectivity index (χ2v) is 5.52. The van der Waals surface area contributed by atoms with E-state index in [4.69, 9.17) is 18.0 Å².